The summed E-state index contributed by atoms with van der Waals surface area (Å²) in [6.45, 7) is 12.0. The standard InChI is InChI=1S/C27H40O3/c1-20(23-15-16-24-25(28)12-9-17-27(23,24)5)13-14-21(2)26(3,4)30-19-29-18-22-10-7-6-8-11-22/h6-8,10-11,13-14,20-21,23-24H,9,12,15-19H2,1-5H3/b14-13+/t20-,21+,23-,24+,27-/m1/s1. The van der Waals surface area contributed by atoms with E-state index in [-0.39, 0.29) is 16.9 Å². The SMILES string of the molecule is C[C@H](/C=C/[C@H](C)C(C)(C)OCOCc1ccccc1)[C@H]1CC[C@H]2C(=O)CCC[C@]12C. The lowest BCUT2D eigenvalue weighted by Gasteiger charge is -2.41. The molecule has 2 aliphatic rings. The van der Waals surface area contributed by atoms with Crippen molar-refractivity contribution in [1.29, 1.82) is 0 Å². The zero-order chi connectivity index (χ0) is 21.8. The third kappa shape index (κ3) is 5.23. The maximum Gasteiger partial charge on any atom is 0.147 e. The second kappa shape index (κ2) is 9.78. The minimum atomic E-state index is -0.296. The van der Waals surface area contributed by atoms with E-state index in [2.05, 4.69) is 58.9 Å². The third-order valence-electron chi connectivity index (χ3n) is 8.00. The van der Waals surface area contributed by atoms with Crippen LogP contribution >= 0.6 is 0 Å². The Morgan fingerprint density at radius 3 is 2.63 bits per heavy atom. The fourth-order valence-electron chi connectivity index (χ4n) is 5.60. The Balaban J connectivity index is 1.49. The first-order valence-corrected chi connectivity index (χ1v) is 11.7. The number of benzene rings is 1. The van der Waals surface area contributed by atoms with Crippen LogP contribution in [-0.2, 0) is 20.9 Å². The molecule has 0 saturated heterocycles. The van der Waals surface area contributed by atoms with Gasteiger partial charge in [0.05, 0.1) is 12.2 Å². The van der Waals surface area contributed by atoms with E-state index in [9.17, 15) is 4.79 Å². The quantitative estimate of drug-likeness (QED) is 0.261. The molecule has 30 heavy (non-hydrogen) atoms. The molecule has 5 atom stereocenters. The Morgan fingerprint density at radius 2 is 1.90 bits per heavy atom. The van der Waals surface area contributed by atoms with Crippen LogP contribution in [0.5, 0.6) is 0 Å². The molecule has 0 N–H and O–H groups in total. The molecule has 0 radical (unpaired) electrons. The molecule has 3 heteroatoms. The van der Waals surface area contributed by atoms with E-state index in [0.717, 1.165) is 24.8 Å². The minimum absolute atomic E-state index is 0.194. The molecular weight excluding hydrogens is 372 g/mol. The van der Waals surface area contributed by atoms with Crippen molar-refractivity contribution in [3.63, 3.8) is 0 Å². The molecule has 0 aromatic heterocycles. The summed E-state index contributed by atoms with van der Waals surface area (Å²) < 4.78 is 11.8. The van der Waals surface area contributed by atoms with Crippen molar-refractivity contribution in [3.05, 3.63) is 48.0 Å². The van der Waals surface area contributed by atoms with Gasteiger partial charge in [0.25, 0.3) is 0 Å². The first-order chi connectivity index (χ1) is 14.2. The highest BCUT2D eigenvalue weighted by Gasteiger charge is 2.51. The average molecular weight is 413 g/mol. The van der Waals surface area contributed by atoms with Crippen LogP contribution in [0.3, 0.4) is 0 Å². The molecular formula is C27H40O3. The zero-order valence-corrected chi connectivity index (χ0v) is 19.5. The number of ether oxygens (including phenoxy) is 2. The Bertz CT molecular complexity index is 723. The summed E-state index contributed by atoms with van der Waals surface area (Å²) in [7, 11) is 0. The number of hydrogen-bond donors (Lipinski definition) is 0. The predicted molar refractivity (Wildman–Crippen MR) is 122 cm³/mol. The van der Waals surface area contributed by atoms with Gasteiger partial charge in [-0.2, -0.15) is 0 Å². The molecule has 2 fully saturated rings. The van der Waals surface area contributed by atoms with Crippen LogP contribution in [-0.4, -0.2) is 18.2 Å². The number of ketones is 1. The van der Waals surface area contributed by atoms with Crippen LogP contribution in [0.15, 0.2) is 42.5 Å². The topological polar surface area (TPSA) is 35.5 Å². The van der Waals surface area contributed by atoms with Crippen LogP contribution in [0.25, 0.3) is 0 Å². The van der Waals surface area contributed by atoms with Gasteiger partial charge in [0.15, 0.2) is 0 Å². The number of allylic oxidation sites excluding steroid dienone is 1. The highest BCUT2D eigenvalue weighted by Crippen LogP contribution is 2.56. The molecule has 3 rings (SSSR count). The summed E-state index contributed by atoms with van der Waals surface area (Å²) in [5.74, 6) is 2.18. The summed E-state index contributed by atoms with van der Waals surface area (Å²) >= 11 is 0. The van der Waals surface area contributed by atoms with E-state index in [4.69, 9.17) is 9.47 Å². The van der Waals surface area contributed by atoms with E-state index in [0.29, 0.717) is 36.9 Å². The summed E-state index contributed by atoms with van der Waals surface area (Å²) in [5, 5.41) is 0. The van der Waals surface area contributed by atoms with Crippen molar-refractivity contribution >= 4 is 5.78 Å². The Kier molecular flexibility index (Phi) is 7.57. The third-order valence-corrected chi connectivity index (χ3v) is 8.00. The Labute approximate surface area is 183 Å². The average Bonchev–Trinajstić information content (AvgIpc) is 3.08. The molecule has 1 aromatic rings. The number of carbonyl (C=O) groups excluding carboxylic acids is 1. The fraction of sp³-hybridized carbons (Fsp3) is 0.667. The van der Waals surface area contributed by atoms with Gasteiger partial charge in [-0.25, -0.2) is 0 Å². The van der Waals surface area contributed by atoms with Crippen molar-refractivity contribution in [2.75, 3.05) is 6.79 Å². The largest absolute Gasteiger partial charge is 0.351 e. The van der Waals surface area contributed by atoms with Crippen LogP contribution in [0.2, 0.25) is 0 Å². The molecule has 0 aliphatic heterocycles. The molecule has 0 bridgehead atoms. The van der Waals surface area contributed by atoms with E-state index in [1.54, 1.807) is 0 Å². The summed E-state index contributed by atoms with van der Waals surface area (Å²) in [6.07, 6.45) is 10.0. The van der Waals surface area contributed by atoms with Crippen molar-refractivity contribution in [3.8, 4) is 0 Å². The maximum atomic E-state index is 12.4. The van der Waals surface area contributed by atoms with Gasteiger partial charge in [0.1, 0.15) is 12.6 Å². The van der Waals surface area contributed by atoms with Gasteiger partial charge in [0.2, 0.25) is 0 Å². The van der Waals surface area contributed by atoms with Gasteiger partial charge in [-0.05, 0) is 62.3 Å². The normalized spacial score (nSPS) is 29.2. The molecule has 2 saturated carbocycles. The highest BCUT2D eigenvalue weighted by molar-refractivity contribution is 5.83. The molecule has 2 aliphatic carbocycles. The minimum Gasteiger partial charge on any atom is -0.351 e. The van der Waals surface area contributed by atoms with Gasteiger partial charge >= 0.3 is 0 Å². The van der Waals surface area contributed by atoms with Crippen LogP contribution in [0.4, 0.5) is 0 Å². The number of rotatable bonds is 9. The van der Waals surface area contributed by atoms with Crippen molar-refractivity contribution in [2.45, 2.75) is 78.9 Å². The monoisotopic (exact) mass is 412 g/mol. The molecule has 0 spiro atoms. The number of hydrogen-bond acceptors (Lipinski definition) is 3. The summed E-state index contributed by atoms with van der Waals surface area (Å²) in [5.41, 5.74) is 1.06. The first kappa shape index (κ1) is 23.2. The van der Waals surface area contributed by atoms with Crippen LogP contribution in [0, 0.1) is 29.1 Å². The second-order valence-electron chi connectivity index (χ2n) is 10.3. The number of fused-ring (bicyclic) bond motifs is 1. The highest BCUT2D eigenvalue weighted by atomic mass is 16.7. The van der Waals surface area contributed by atoms with Gasteiger partial charge in [-0.1, -0.05) is 63.3 Å². The molecule has 3 nitrogen and oxygen atoms in total. The molecule has 1 aromatic carbocycles. The first-order valence-electron chi connectivity index (χ1n) is 11.7. The lowest BCUT2D eigenvalue weighted by Crippen LogP contribution is -2.39. The second-order valence-corrected chi connectivity index (χ2v) is 10.3. The van der Waals surface area contributed by atoms with Crippen LogP contribution < -0.4 is 0 Å². The van der Waals surface area contributed by atoms with E-state index in [1.165, 1.54) is 12.8 Å². The maximum absolute atomic E-state index is 12.4. The lowest BCUT2D eigenvalue weighted by atomic mass is 9.62. The van der Waals surface area contributed by atoms with E-state index >= 15 is 0 Å². The van der Waals surface area contributed by atoms with E-state index < -0.39 is 0 Å². The van der Waals surface area contributed by atoms with Crippen molar-refractivity contribution in [1.82, 2.24) is 0 Å². The van der Waals surface area contributed by atoms with Gasteiger partial charge in [-0.15, -0.1) is 0 Å². The number of Topliss-reactive ketones (excluding diaryl/α,β-unsaturated/α-hetero) is 1. The number of carbonyl (C=O) groups is 1. The van der Waals surface area contributed by atoms with Crippen LogP contribution in [0.1, 0.15) is 72.3 Å². The van der Waals surface area contributed by atoms with Gasteiger partial charge < -0.3 is 9.47 Å². The zero-order valence-electron chi connectivity index (χ0n) is 19.5. The van der Waals surface area contributed by atoms with E-state index in [1.807, 2.05) is 18.2 Å². The Hall–Kier alpha value is -1.45. The predicted octanol–water partition coefficient (Wildman–Crippen LogP) is 6.57. The molecule has 0 amide bonds. The van der Waals surface area contributed by atoms with Crippen molar-refractivity contribution < 1.29 is 14.3 Å². The molecule has 166 valence electrons. The molecule has 0 unspecified atom stereocenters. The summed E-state index contributed by atoms with van der Waals surface area (Å²) in [6, 6.07) is 10.2. The fourth-order valence-corrected chi connectivity index (χ4v) is 5.60. The smallest absolute Gasteiger partial charge is 0.147 e. The molecule has 0 heterocycles. The van der Waals surface area contributed by atoms with Gasteiger partial charge in [-0.3, -0.25) is 4.79 Å². The Morgan fingerprint density at radius 1 is 1.17 bits per heavy atom. The van der Waals surface area contributed by atoms with Crippen molar-refractivity contribution in [2.24, 2.45) is 29.1 Å². The summed E-state index contributed by atoms with van der Waals surface area (Å²) in [4.78, 5) is 12.4. The lowest BCUT2D eigenvalue weighted by molar-refractivity contribution is -0.145. The van der Waals surface area contributed by atoms with Gasteiger partial charge in [0, 0.05) is 18.3 Å².